The van der Waals surface area contributed by atoms with Gasteiger partial charge in [-0.3, -0.25) is 0 Å². The van der Waals surface area contributed by atoms with Gasteiger partial charge >= 0.3 is 0 Å². The van der Waals surface area contributed by atoms with Gasteiger partial charge in [0.2, 0.25) is 0 Å². The lowest BCUT2D eigenvalue weighted by Crippen LogP contribution is -2.43. The van der Waals surface area contributed by atoms with Crippen molar-refractivity contribution in [1.29, 1.82) is 0 Å². The van der Waals surface area contributed by atoms with E-state index in [0.717, 1.165) is 31.5 Å². The molecule has 18 heavy (non-hydrogen) atoms. The van der Waals surface area contributed by atoms with Crippen LogP contribution in [-0.2, 0) is 0 Å². The van der Waals surface area contributed by atoms with Crippen molar-refractivity contribution in [3.05, 3.63) is 35.6 Å². The highest BCUT2D eigenvalue weighted by molar-refractivity contribution is 5.25. The molecule has 1 aliphatic rings. The highest BCUT2D eigenvalue weighted by Crippen LogP contribution is 2.47. The summed E-state index contributed by atoms with van der Waals surface area (Å²) in [7, 11) is 0. The van der Waals surface area contributed by atoms with E-state index in [4.69, 9.17) is 0 Å². The van der Waals surface area contributed by atoms with Gasteiger partial charge in [0.05, 0.1) is 0 Å². The predicted octanol–water partition coefficient (Wildman–Crippen LogP) is 4.10. The third-order valence-electron chi connectivity index (χ3n) is 4.62. The van der Waals surface area contributed by atoms with E-state index in [0.29, 0.717) is 5.92 Å². The standard InChI is InChI=1S/C16H24FN/c1-3-9-16(4-2)10-11-18-12-14(16)13-7-5-6-8-15(13)17/h5-8,14,18H,3-4,9-12H2,1-2H3. The fourth-order valence-corrected chi connectivity index (χ4v) is 3.57. The van der Waals surface area contributed by atoms with Gasteiger partial charge in [-0.25, -0.2) is 4.39 Å². The van der Waals surface area contributed by atoms with Crippen LogP contribution in [0.15, 0.2) is 24.3 Å². The van der Waals surface area contributed by atoms with E-state index in [9.17, 15) is 4.39 Å². The molecule has 1 fully saturated rings. The van der Waals surface area contributed by atoms with Crippen LogP contribution in [0.3, 0.4) is 0 Å². The fourth-order valence-electron chi connectivity index (χ4n) is 3.57. The van der Waals surface area contributed by atoms with Crippen LogP contribution in [0.1, 0.15) is 51.0 Å². The second-order valence-electron chi connectivity index (χ2n) is 5.49. The van der Waals surface area contributed by atoms with Gasteiger partial charge in [0.15, 0.2) is 0 Å². The molecule has 1 N–H and O–H groups in total. The Balaban J connectivity index is 2.35. The zero-order chi connectivity index (χ0) is 13.0. The number of halogens is 1. The van der Waals surface area contributed by atoms with Crippen LogP contribution in [0.2, 0.25) is 0 Å². The van der Waals surface area contributed by atoms with Crippen molar-refractivity contribution < 1.29 is 4.39 Å². The number of benzene rings is 1. The molecule has 100 valence electrons. The Morgan fingerprint density at radius 1 is 1.33 bits per heavy atom. The normalized spacial score (nSPS) is 28.3. The first kappa shape index (κ1) is 13.5. The molecule has 2 rings (SSSR count). The molecule has 2 unspecified atom stereocenters. The van der Waals surface area contributed by atoms with E-state index in [1.165, 1.54) is 12.8 Å². The Kier molecular flexibility index (Phi) is 4.39. The zero-order valence-electron chi connectivity index (χ0n) is 11.5. The maximum atomic E-state index is 14.1. The maximum Gasteiger partial charge on any atom is 0.126 e. The second kappa shape index (κ2) is 5.83. The lowest BCUT2D eigenvalue weighted by atomic mass is 9.64. The van der Waals surface area contributed by atoms with Gasteiger partial charge < -0.3 is 5.32 Å². The summed E-state index contributed by atoms with van der Waals surface area (Å²) in [5.74, 6) is 0.275. The summed E-state index contributed by atoms with van der Waals surface area (Å²) in [5.41, 5.74) is 1.18. The zero-order valence-corrected chi connectivity index (χ0v) is 11.5. The van der Waals surface area contributed by atoms with Crippen LogP contribution >= 0.6 is 0 Å². The first-order valence-corrected chi connectivity index (χ1v) is 7.18. The highest BCUT2D eigenvalue weighted by Gasteiger charge is 2.40. The first-order chi connectivity index (χ1) is 8.73. The monoisotopic (exact) mass is 249 g/mol. The van der Waals surface area contributed by atoms with Crippen molar-refractivity contribution in [2.24, 2.45) is 5.41 Å². The molecule has 0 aromatic heterocycles. The van der Waals surface area contributed by atoms with Crippen LogP contribution in [0.25, 0.3) is 0 Å². The third-order valence-corrected chi connectivity index (χ3v) is 4.62. The summed E-state index contributed by atoms with van der Waals surface area (Å²) >= 11 is 0. The van der Waals surface area contributed by atoms with Gasteiger partial charge in [-0.15, -0.1) is 0 Å². The third kappa shape index (κ3) is 2.44. The molecule has 0 radical (unpaired) electrons. The van der Waals surface area contributed by atoms with Crippen molar-refractivity contribution in [2.75, 3.05) is 13.1 Å². The summed E-state index contributed by atoms with van der Waals surface area (Å²) in [6.07, 6.45) is 4.68. The molecular weight excluding hydrogens is 225 g/mol. The van der Waals surface area contributed by atoms with E-state index in [-0.39, 0.29) is 11.2 Å². The number of hydrogen-bond donors (Lipinski definition) is 1. The van der Waals surface area contributed by atoms with Gasteiger partial charge in [0.1, 0.15) is 5.82 Å². The quantitative estimate of drug-likeness (QED) is 0.847. The highest BCUT2D eigenvalue weighted by atomic mass is 19.1. The summed E-state index contributed by atoms with van der Waals surface area (Å²) in [6.45, 7) is 6.47. The van der Waals surface area contributed by atoms with Crippen LogP contribution in [0.5, 0.6) is 0 Å². The molecule has 2 heteroatoms. The SMILES string of the molecule is CCCC1(CC)CCNCC1c1ccccc1F. The summed E-state index contributed by atoms with van der Waals surface area (Å²) < 4.78 is 14.1. The minimum Gasteiger partial charge on any atom is -0.316 e. The van der Waals surface area contributed by atoms with Crippen molar-refractivity contribution in [3.8, 4) is 0 Å². The molecule has 1 nitrogen and oxygen atoms in total. The average Bonchev–Trinajstić information content (AvgIpc) is 2.40. The van der Waals surface area contributed by atoms with E-state index in [2.05, 4.69) is 19.2 Å². The molecular formula is C16H24FN. The second-order valence-corrected chi connectivity index (χ2v) is 5.49. The van der Waals surface area contributed by atoms with Crippen molar-refractivity contribution in [2.45, 2.75) is 45.4 Å². The Morgan fingerprint density at radius 2 is 2.11 bits per heavy atom. The summed E-state index contributed by atoms with van der Waals surface area (Å²) in [6, 6.07) is 7.30. The molecule has 1 heterocycles. The van der Waals surface area contributed by atoms with Crippen LogP contribution in [-0.4, -0.2) is 13.1 Å². The molecule has 1 saturated heterocycles. The Morgan fingerprint density at radius 3 is 2.78 bits per heavy atom. The van der Waals surface area contributed by atoms with Gasteiger partial charge in [0, 0.05) is 12.5 Å². The average molecular weight is 249 g/mol. The van der Waals surface area contributed by atoms with Gasteiger partial charge in [-0.05, 0) is 42.9 Å². The van der Waals surface area contributed by atoms with Crippen LogP contribution < -0.4 is 5.32 Å². The fraction of sp³-hybridized carbons (Fsp3) is 0.625. The molecule has 0 bridgehead atoms. The number of piperidine rings is 1. The Bertz CT molecular complexity index is 386. The van der Waals surface area contributed by atoms with Gasteiger partial charge in [-0.1, -0.05) is 38.5 Å². The number of hydrogen-bond acceptors (Lipinski definition) is 1. The molecule has 0 aliphatic carbocycles. The van der Waals surface area contributed by atoms with E-state index in [1.807, 2.05) is 12.1 Å². The van der Waals surface area contributed by atoms with Crippen molar-refractivity contribution in [3.63, 3.8) is 0 Å². The van der Waals surface area contributed by atoms with Crippen molar-refractivity contribution in [1.82, 2.24) is 5.32 Å². The first-order valence-electron chi connectivity index (χ1n) is 7.18. The summed E-state index contributed by atoms with van der Waals surface area (Å²) in [5, 5.41) is 3.44. The largest absolute Gasteiger partial charge is 0.316 e. The van der Waals surface area contributed by atoms with E-state index in [1.54, 1.807) is 12.1 Å². The predicted molar refractivity (Wildman–Crippen MR) is 74.3 cm³/mol. The minimum absolute atomic E-state index is 0.0415. The lowest BCUT2D eigenvalue weighted by molar-refractivity contribution is 0.136. The smallest absolute Gasteiger partial charge is 0.126 e. The molecule has 0 amide bonds. The topological polar surface area (TPSA) is 12.0 Å². The molecule has 1 aliphatic heterocycles. The Hall–Kier alpha value is -0.890. The van der Waals surface area contributed by atoms with Crippen LogP contribution in [0, 0.1) is 11.2 Å². The molecule has 1 aromatic carbocycles. The lowest BCUT2D eigenvalue weighted by Gasteiger charge is -2.44. The number of rotatable bonds is 4. The van der Waals surface area contributed by atoms with Gasteiger partial charge in [0.25, 0.3) is 0 Å². The molecule has 1 aromatic rings. The van der Waals surface area contributed by atoms with Crippen molar-refractivity contribution >= 4 is 0 Å². The molecule has 0 spiro atoms. The molecule has 2 atom stereocenters. The van der Waals surface area contributed by atoms with Gasteiger partial charge in [-0.2, -0.15) is 0 Å². The Labute approximate surface area is 110 Å². The minimum atomic E-state index is -0.0415. The maximum absolute atomic E-state index is 14.1. The summed E-state index contributed by atoms with van der Waals surface area (Å²) in [4.78, 5) is 0. The van der Waals surface area contributed by atoms with E-state index >= 15 is 0 Å². The van der Waals surface area contributed by atoms with Crippen LogP contribution in [0.4, 0.5) is 4.39 Å². The molecule has 0 saturated carbocycles. The number of nitrogens with one attached hydrogen (secondary N) is 1. The van der Waals surface area contributed by atoms with E-state index < -0.39 is 0 Å².